The summed E-state index contributed by atoms with van der Waals surface area (Å²) in [5.41, 5.74) is 0.946. The fourth-order valence-electron chi connectivity index (χ4n) is 2.70. The van der Waals surface area contributed by atoms with Crippen LogP contribution in [0.25, 0.3) is 16.8 Å². The smallest absolute Gasteiger partial charge is 0.266 e. The van der Waals surface area contributed by atoms with Crippen molar-refractivity contribution >= 4 is 38.5 Å². The molecule has 3 aromatic rings. The first kappa shape index (κ1) is 20.1. The lowest BCUT2D eigenvalue weighted by Gasteiger charge is -2.06. The number of primary sulfonamides is 1. The minimum atomic E-state index is -3.82. The molecular weight excluding hydrogens is 390 g/mol. The van der Waals surface area contributed by atoms with Crippen LogP contribution >= 0.6 is 0 Å². The number of hydrogen-bond donors (Lipinski definition) is 2. The summed E-state index contributed by atoms with van der Waals surface area (Å²) < 4.78 is 27.8. The minimum Gasteiger partial charge on any atom is -0.497 e. The van der Waals surface area contributed by atoms with Crippen molar-refractivity contribution in [2.45, 2.75) is 4.90 Å². The highest BCUT2D eigenvalue weighted by Crippen LogP contribution is 2.23. The third-order valence-electron chi connectivity index (χ3n) is 4.19. The van der Waals surface area contributed by atoms with Crippen LogP contribution in [-0.4, -0.2) is 21.4 Å². The molecule has 0 bridgehead atoms. The summed E-state index contributed by atoms with van der Waals surface area (Å²) >= 11 is 0. The molecule has 0 spiro atoms. The topological polar surface area (TPSA) is 122 Å². The molecule has 0 aliphatic heterocycles. The third-order valence-corrected chi connectivity index (χ3v) is 5.12. The monoisotopic (exact) mass is 407 g/mol. The average Bonchev–Trinajstić information content (AvgIpc) is 2.71. The van der Waals surface area contributed by atoms with Crippen LogP contribution in [0, 0.1) is 11.3 Å². The number of nitrogens with one attached hydrogen (secondary N) is 1. The van der Waals surface area contributed by atoms with E-state index in [0.29, 0.717) is 11.3 Å². The molecule has 0 aliphatic rings. The molecule has 3 rings (SSSR count). The van der Waals surface area contributed by atoms with Gasteiger partial charge in [0.1, 0.15) is 17.4 Å². The summed E-state index contributed by atoms with van der Waals surface area (Å²) in [6.45, 7) is 0. The van der Waals surface area contributed by atoms with E-state index >= 15 is 0 Å². The quantitative estimate of drug-likeness (QED) is 0.497. The van der Waals surface area contributed by atoms with E-state index < -0.39 is 15.9 Å². The van der Waals surface area contributed by atoms with Gasteiger partial charge < -0.3 is 10.1 Å². The van der Waals surface area contributed by atoms with E-state index in [1.807, 2.05) is 36.4 Å². The molecule has 8 heteroatoms. The number of carbonyl (C=O) groups excluding carboxylic acids is 1. The lowest BCUT2D eigenvalue weighted by atomic mass is 10.0. The Labute approximate surface area is 168 Å². The number of fused-ring (bicyclic) bond motifs is 1. The van der Waals surface area contributed by atoms with Crippen molar-refractivity contribution < 1.29 is 17.9 Å². The van der Waals surface area contributed by atoms with E-state index in [-0.39, 0.29) is 10.5 Å². The van der Waals surface area contributed by atoms with Crippen molar-refractivity contribution in [3.8, 4) is 11.8 Å². The van der Waals surface area contributed by atoms with Gasteiger partial charge in [0.15, 0.2) is 0 Å². The van der Waals surface area contributed by atoms with Gasteiger partial charge in [-0.3, -0.25) is 4.79 Å². The van der Waals surface area contributed by atoms with Crippen LogP contribution in [-0.2, 0) is 14.8 Å². The number of nitriles is 1. The third kappa shape index (κ3) is 4.79. The molecule has 0 saturated heterocycles. The first-order valence-corrected chi connectivity index (χ1v) is 9.98. The number of nitrogens with zero attached hydrogens (tertiary/aromatic N) is 1. The summed E-state index contributed by atoms with van der Waals surface area (Å²) in [6, 6.07) is 18.4. The number of benzene rings is 3. The summed E-state index contributed by atoms with van der Waals surface area (Å²) in [5, 5.41) is 18.9. The Bertz CT molecular complexity index is 1260. The molecule has 7 nitrogen and oxygen atoms in total. The fraction of sp³-hybridized carbons (Fsp3) is 0.0476. The standard InChI is InChI=1S/C21H17N3O4S/c1-28-19-7-4-15-10-14(2-3-16(15)12-19)11-17(13-22)21(25)24-18-5-8-20(9-6-18)29(23,26)27/h2-12H,1H3,(H,24,25)(H2,23,26,27)/b17-11+. The summed E-state index contributed by atoms with van der Waals surface area (Å²) in [7, 11) is -2.22. The highest BCUT2D eigenvalue weighted by Gasteiger charge is 2.11. The van der Waals surface area contributed by atoms with Crippen molar-refractivity contribution in [1.82, 2.24) is 0 Å². The van der Waals surface area contributed by atoms with E-state index in [1.165, 1.54) is 30.3 Å². The van der Waals surface area contributed by atoms with Gasteiger partial charge in [0.25, 0.3) is 5.91 Å². The predicted molar refractivity (Wildman–Crippen MR) is 111 cm³/mol. The van der Waals surface area contributed by atoms with Gasteiger partial charge in [-0.2, -0.15) is 5.26 Å². The number of ether oxygens (including phenoxy) is 1. The molecule has 0 saturated carbocycles. The molecule has 0 aromatic heterocycles. The van der Waals surface area contributed by atoms with Gasteiger partial charge in [0.2, 0.25) is 10.0 Å². The average molecular weight is 407 g/mol. The Morgan fingerprint density at radius 3 is 2.34 bits per heavy atom. The minimum absolute atomic E-state index is 0.0701. The number of amides is 1. The zero-order valence-electron chi connectivity index (χ0n) is 15.4. The Morgan fingerprint density at radius 1 is 1.07 bits per heavy atom. The van der Waals surface area contributed by atoms with E-state index in [0.717, 1.165) is 16.5 Å². The highest BCUT2D eigenvalue weighted by atomic mass is 32.2. The lowest BCUT2D eigenvalue weighted by molar-refractivity contribution is -0.112. The number of methoxy groups -OCH3 is 1. The molecule has 29 heavy (non-hydrogen) atoms. The second-order valence-corrected chi connectivity index (χ2v) is 7.73. The summed E-state index contributed by atoms with van der Waals surface area (Å²) in [6.07, 6.45) is 1.48. The van der Waals surface area contributed by atoms with Crippen LogP contribution in [0.1, 0.15) is 5.56 Å². The molecule has 3 aromatic carbocycles. The molecule has 0 unspecified atom stereocenters. The number of rotatable bonds is 5. The Hall–Kier alpha value is -3.67. The van der Waals surface area contributed by atoms with Crippen LogP contribution in [0.5, 0.6) is 5.75 Å². The van der Waals surface area contributed by atoms with Crippen molar-refractivity contribution in [2.75, 3.05) is 12.4 Å². The molecule has 0 heterocycles. The Kier molecular flexibility index (Phi) is 5.64. The van der Waals surface area contributed by atoms with Crippen LogP contribution in [0.15, 0.2) is 71.1 Å². The van der Waals surface area contributed by atoms with Gasteiger partial charge in [0, 0.05) is 5.69 Å². The summed E-state index contributed by atoms with van der Waals surface area (Å²) in [5.74, 6) is 0.136. The van der Waals surface area contributed by atoms with Crippen molar-refractivity contribution in [1.29, 1.82) is 5.26 Å². The van der Waals surface area contributed by atoms with Crippen molar-refractivity contribution in [3.63, 3.8) is 0 Å². The molecule has 146 valence electrons. The van der Waals surface area contributed by atoms with E-state index in [2.05, 4.69) is 5.32 Å². The zero-order chi connectivity index (χ0) is 21.0. The molecule has 0 aliphatic carbocycles. The van der Waals surface area contributed by atoms with Gasteiger partial charge in [0.05, 0.1) is 12.0 Å². The maximum atomic E-state index is 12.4. The lowest BCUT2D eigenvalue weighted by Crippen LogP contribution is -2.14. The van der Waals surface area contributed by atoms with Gasteiger partial charge in [-0.25, -0.2) is 13.6 Å². The van der Waals surface area contributed by atoms with E-state index in [9.17, 15) is 18.5 Å². The second kappa shape index (κ2) is 8.14. The van der Waals surface area contributed by atoms with Crippen molar-refractivity contribution in [3.05, 3.63) is 71.8 Å². The summed E-state index contributed by atoms with van der Waals surface area (Å²) in [4.78, 5) is 12.3. The number of hydrogen-bond acceptors (Lipinski definition) is 5. The maximum Gasteiger partial charge on any atom is 0.266 e. The molecule has 0 radical (unpaired) electrons. The molecule has 0 fully saturated rings. The maximum absolute atomic E-state index is 12.4. The zero-order valence-corrected chi connectivity index (χ0v) is 16.2. The normalized spacial score (nSPS) is 11.7. The van der Waals surface area contributed by atoms with E-state index in [4.69, 9.17) is 9.88 Å². The Balaban J connectivity index is 1.83. The first-order chi connectivity index (χ1) is 13.8. The van der Waals surface area contributed by atoms with Crippen LogP contribution < -0.4 is 15.2 Å². The number of nitrogens with two attached hydrogens (primary N) is 1. The largest absolute Gasteiger partial charge is 0.497 e. The van der Waals surface area contributed by atoms with Crippen molar-refractivity contribution in [2.24, 2.45) is 5.14 Å². The SMILES string of the molecule is COc1ccc2cc(/C=C(\C#N)C(=O)Nc3ccc(S(N)(=O)=O)cc3)ccc2c1. The van der Waals surface area contributed by atoms with Gasteiger partial charge in [-0.05, 0) is 64.9 Å². The number of carbonyl (C=O) groups is 1. The highest BCUT2D eigenvalue weighted by molar-refractivity contribution is 7.89. The molecule has 3 N–H and O–H groups in total. The first-order valence-electron chi connectivity index (χ1n) is 8.44. The molecular formula is C21H17N3O4S. The molecule has 0 atom stereocenters. The Morgan fingerprint density at radius 2 is 1.72 bits per heavy atom. The number of anilines is 1. The number of sulfonamides is 1. The fourth-order valence-corrected chi connectivity index (χ4v) is 3.22. The van der Waals surface area contributed by atoms with Crippen LogP contribution in [0.4, 0.5) is 5.69 Å². The van der Waals surface area contributed by atoms with Gasteiger partial charge >= 0.3 is 0 Å². The van der Waals surface area contributed by atoms with Crippen LogP contribution in [0.2, 0.25) is 0 Å². The van der Waals surface area contributed by atoms with Crippen LogP contribution in [0.3, 0.4) is 0 Å². The van der Waals surface area contributed by atoms with Gasteiger partial charge in [-0.15, -0.1) is 0 Å². The van der Waals surface area contributed by atoms with Gasteiger partial charge in [-0.1, -0.05) is 18.2 Å². The molecule has 1 amide bonds. The van der Waals surface area contributed by atoms with E-state index in [1.54, 1.807) is 13.2 Å². The predicted octanol–water partition coefficient (Wildman–Crippen LogP) is 3.04. The second-order valence-electron chi connectivity index (χ2n) is 6.17.